The molecule has 0 spiro atoms. The molecule has 6 heteroatoms. The lowest BCUT2D eigenvalue weighted by molar-refractivity contribution is -0.120. The van der Waals surface area contributed by atoms with E-state index in [2.05, 4.69) is 36.2 Å². The van der Waals surface area contributed by atoms with Crippen LogP contribution in [0.4, 0.5) is 4.39 Å². The Kier molecular flexibility index (Phi) is 9.12. The number of ether oxygens (including phenoxy) is 1. The van der Waals surface area contributed by atoms with Crippen molar-refractivity contribution in [3.05, 3.63) is 65.5 Å². The van der Waals surface area contributed by atoms with E-state index in [1.54, 1.807) is 6.92 Å². The lowest BCUT2D eigenvalue weighted by Gasteiger charge is -2.42. The van der Waals surface area contributed by atoms with Crippen LogP contribution in [0.3, 0.4) is 0 Å². The number of rotatable bonds is 7. The number of piperidine rings is 1. The van der Waals surface area contributed by atoms with Gasteiger partial charge in [-0.15, -0.1) is 12.4 Å². The van der Waals surface area contributed by atoms with E-state index in [1.807, 2.05) is 24.3 Å². The fraction of sp³-hybridized carbons (Fsp3) is 0.458. The SMILES string of the molecule is CC(=O)N[C@@H]1CCCN(Cc2ccc(F)cc2)C1c1ccc(OCC(C)C)cc1.Cl. The number of benzene rings is 2. The average molecular weight is 435 g/mol. The fourth-order valence-corrected chi connectivity index (χ4v) is 3.95. The minimum Gasteiger partial charge on any atom is -0.493 e. The van der Waals surface area contributed by atoms with E-state index in [9.17, 15) is 9.18 Å². The molecule has 1 amide bonds. The lowest BCUT2D eigenvalue weighted by atomic mass is 9.89. The maximum atomic E-state index is 13.3. The summed E-state index contributed by atoms with van der Waals surface area (Å²) in [6, 6.07) is 15.0. The zero-order valence-corrected chi connectivity index (χ0v) is 18.8. The number of hydrogen-bond acceptors (Lipinski definition) is 3. The summed E-state index contributed by atoms with van der Waals surface area (Å²) in [5, 5.41) is 3.14. The number of carbonyl (C=O) groups is 1. The predicted molar refractivity (Wildman–Crippen MR) is 120 cm³/mol. The van der Waals surface area contributed by atoms with Crippen molar-refractivity contribution in [2.75, 3.05) is 13.2 Å². The molecular formula is C24H32ClFN2O2. The first kappa shape index (κ1) is 24.2. The van der Waals surface area contributed by atoms with Crippen molar-refractivity contribution in [1.82, 2.24) is 10.2 Å². The number of nitrogens with zero attached hydrogens (tertiary/aromatic N) is 1. The highest BCUT2D eigenvalue weighted by Gasteiger charge is 2.33. The summed E-state index contributed by atoms with van der Waals surface area (Å²) < 4.78 is 19.1. The number of amides is 1. The van der Waals surface area contributed by atoms with Gasteiger partial charge in [-0.1, -0.05) is 38.1 Å². The minimum atomic E-state index is -0.225. The summed E-state index contributed by atoms with van der Waals surface area (Å²) in [7, 11) is 0. The molecule has 0 radical (unpaired) electrons. The van der Waals surface area contributed by atoms with Crippen molar-refractivity contribution in [3.8, 4) is 5.75 Å². The highest BCUT2D eigenvalue weighted by Crippen LogP contribution is 2.33. The highest BCUT2D eigenvalue weighted by atomic mass is 35.5. The molecule has 2 aromatic carbocycles. The molecule has 0 aromatic heterocycles. The van der Waals surface area contributed by atoms with Crippen molar-refractivity contribution in [1.29, 1.82) is 0 Å². The van der Waals surface area contributed by atoms with Gasteiger partial charge >= 0.3 is 0 Å². The Bertz CT molecular complexity index is 796. The van der Waals surface area contributed by atoms with Gasteiger partial charge in [-0.3, -0.25) is 9.69 Å². The highest BCUT2D eigenvalue weighted by molar-refractivity contribution is 5.85. The minimum absolute atomic E-state index is 0. The third kappa shape index (κ3) is 6.71. The molecule has 3 rings (SSSR count). The first-order valence-electron chi connectivity index (χ1n) is 10.4. The van der Waals surface area contributed by atoms with Crippen LogP contribution < -0.4 is 10.1 Å². The Labute approximate surface area is 185 Å². The number of likely N-dealkylation sites (tertiary alicyclic amines) is 1. The lowest BCUT2D eigenvalue weighted by Crippen LogP contribution is -2.49. The summed E-state index contributed by atoms with van der Waals surface area (Å²) in [4.78, 5) is 14.2. The van der Waals surface area contributed by atoms with E-state index < -0.39 is 0 Å². The van der Waals surface area contributed by atoms with Crippen LogP contribution >= 0.6 is 12.4 Å². The predicted octanol–water partition coefficient (Wildman–Crippen LogP) is 5.12. The molecule has 4 nitrogen and oxygen atoms in total. The second-order valence-electron chi connectivity index (χ2n) is 8.26. The van der Waals surface area contributed by atoms with Crippen LogP contribution in [0.25, 0.3) is 0 Å². The molecule has 30 heavy (non-hydrogen) atoms. The second kappa shape index (κ2) is 11.3. The molecule has 2 aromatic rings. The zero-order valence-electron chi connectivity index (χ0n) is 17.9. The van der Waals surface area contributed by atoms with Crippen LogP contribution in [0.5, 0.6) is 5.75 Å². The Morgan fingerprint density at radius 1 is 1.17 bits per heavy atom. The Morgan fingerprint density at radius 3 is 2.43 bits per heavy atom. The van der Waals surface area contributed by atoms with E-state index in [4.69, 9.17) is 4.74 Å². The first-order valence-corrected chi connectivity index (χ1v) is 10.4. The molecule has 1 aliphatic heterocycles. The molecule has 2 atom stereocenters. The number of halogens is 2. The summed E-state index contributed by atoms with van der Waals surface area (Å²) in [5.41, 5.74) is 2.22. The second-order valence-corrected chi connectivity index (χ2v) is 8.26. The molecule has 0 bridgehead atoms. The van der Waals surface area contributed by atoms with E-state index >= 15 is 0 Å². The van der Waals surface area contributed by atoms with Crippen molar-refractivity contribution in [2.45, 2.75) is 52.2 Å². The van der Waals surface area contributed by atoms with Gasteiger partial charge in [-0.25, -0.2) is 4.39 Å². The maximum Gasteiger partial charge on any atom is 0.217 e. The molecule has 1 saturated heterocycles. The normalized spacial score (nSPS) is 19.2. The van der Waals surface area contributed by atoms with Crippen LogP contribution in [0.15, 0.2) is 48.5 Å². The zero-order chi connectivity index (χ0) is 20.8. The molecule has 1 fully saturated rings. The van der Waals surface area contributed by atoms with E-state index in [0.29, 0.717) is 19.1 Å². The van der Waals surface area contributed by atoms with Gasteiger partial charge in [0.2, 0.25) is 5.91 Å². The Morgan fingerprint density at radius 2 is 1.83 bits per heavy atom. The van der Waals surface area contributed by atoms with E-state index in [-0.39, 0.29) is 36.2 Å². The van der Waals surface area contributed by atoms with Crippen LogP contribution in [0.2, 0.25) is 0 Å². The third-order valence-electron chi connectivity index (χ3n) is 5.23. The van der Waals surface area contributed by atoms with E-state index in [1.165, 1.54) is 12.1 Å². The van der Waals surface area contributed by atoms with Gasteiger partial charge in [0.15, 0.2) is 0 Å². The van der Waals surface area contributed by atoms with Crippen LogP contribution in [0, 0.1) is 11.7 Å². The Hall–Kier alpha value is -2.11. The average Bonchev–Trinajstić information content (AvgIpc) is 2.68. The monoisotopic (exact) mass is 434 g/mol. The molecule has 1 N–H and O–H groups in total. The van der Waals surface area contributed by atoms with Gasteiger partial charge in [-0.2, -0.15) is 0 Å². The van der Waals surface area contributed by atoms with Gasteiger partial charge in [0.25, 0.3) is 0 Å². The largest absolute Gasteiger partial charge is 0.493 e. The van der Waals surface area contributed by atoms with Crippen LogP contribution in [0.1, 0.15) is 50.8 Å². The van der Waals surface area contributed by atoms with Gasteiger partial charge in [0, 0.05) is 19.5 Å². The summed E-state index contributed by atoms with van der Waals surface area (Å²) in [5.74, 6) is 1.10. The van der Waals surface area contributed by atoms with Crippen molar-refractivity contribution in [2.24, 2.45) is 5.92 Å². The van der Waals surface area contributed by atoms with Crippen molar-refractivity contribution < 1.29 is 13.9 Å². The molecule has 0 saturated carbocycles. The maximum absolute atomic E-state index is 13.3. The number of hydrogen-bond donors (Lipinski definition) is 1. The smallest absolute Gasteiger partial charge is 0.217 e. The van der Waals surface area contributed by atoms with Gasteiger partial charge in [0.1, 0.15) is 11.6 Å². The van der Waals surface area contributed by atoms with E-state index in [0.717, 1.165) is 36.3 Å². The molecule has 1 aliphatic rings. The van der Waals surface area contributed by atoms with Gasteiger partial charge < -0.3 is 10.1 Å². The summed E-state index contributed by atoms with van der Waals surface area (Å²) >= 11 is 0. The molecule has 0 aliphatic carbocycles. The topological polar surface area (TPSA) is 41.6 Å². The van der Waals surface area contributed by atoms with Gasteiger partial charge in [0.05, 0.1) is 12.6 Å². The Balaban J connectivity index is 0.00000320. The third-order valence-corrected chi connectivity index (χ3v) is 5.23. The fourth-order valence-electron chi connectivity index (χ4n) is 3.95. The molecular weight excluding hydrogens is 403 g/mol. The standard InChI is InChI=1S/C24H31FN2O2.ClH/c1-17(2)16-29-22-12-8-20(9-13-22)24-23(26-18(3)28)5-4-14-27(24)15-19-6-10-21(25)11-7-19;/h6-13,17,23-24H,4-5,14-16H2,1-3H3,(H,26,28);1H/t23-,24?;/m1./s1. The van der Waals surface area contributed by atoms with Gasteiger partial charge in [-0.05, 0) is 60.7 Å². The number of nitrogens with one attached hydrogen (secondary N) is 1. The first-order chi connectivity index (χ1) is 13.9. The van der Waals surface area contributed by atoms with Crippen LogP contribution in [-0.4, -0.2) is 30.0 Å². The quantitative estimate of drug-likeness (QED) is 0.657. The summed E-state index contributed by atoms with van der Waals surface area (Å²) in [6.07, 6.45) is 1.95. The molecule has 1 heterocycles. The van der Waals surface area contributed by atoms with Crippen LogP contribution in [-0.2, 0) is 11.3 Å². The molecule has 1 unspecified atom stereocenters. The molecule has 164 valence electrons. The van der Waals surface area contributed by atoms with Crippen molar-refractivity contribution >= 4 is 18.3 Å². The summed E-state index contributed by atoms with van der Waals surface area (Å²) in [6.45, 7) is 8.16. The number of carbonyl (C=O) groups excluding carboxylic acids is 1. The van der Waals surface area contributed by atoms with Crippen molar-refractivity contribution in [3.63, 3.8) is 0 Å².